The second-order valence-corrected chi connectivity index (χ2v) is 5.12. The minimum absolute atomic E-state index is 0.923. The lowest BCUT2D eigenvalue weighted by Crippen LogP contribution is -2.30. The van der Waals surface area contributed by atoms with Crippen molar-refractivity contribution in [1.82, 2.24) is 4.98 Å². The molecule has 0 aliphatic heterocycles. The van der Waals surface area contributed by atoms with E-state index < -0.39 is 0 Å². The summed E-state index contributed by atoms with van der Waals surface area (Å²) in [5.74, 6) is 0.923. The van der Waals surface area contributed by atoms with Crippen LogP contribution in [0.25, 0.3) is 16.9 Å². The van der Waals surface area contributed by atoms with E-state index in [0.717, 1.165) is 5.82 Å². The smallest absolute Gasteiger partial charge is 0.327 e. The molecule has 3 aromatic rings. The molecule has 3 rings (SSSR count). The molecular weight excluding hydrogens is 258 g/mol. The topological polar surface area (TPSA) is 20.0 Å². The Morgan fingerprint density at radius 2 is 1.48 bits per heavy atom. The van der Waals surface area contributed by atoms with Gasteiger partial charge in [-0.15, -0.1) is 0 Å². The van der Waals surface area contributed by atoms with Gasteiger partial charge in [0.05, 0.1) is 12.4 Å². The Labute approximate surface area is 125 Å². The number of hydrogen-bond acceptors (Lipinski definition) is 2. The molecule has 2 aromatic heterocycles. The van der Waals surface area contributed by atoms with Gasteiger partial charge in [-0.1, -0.05) is 18.2 Å². The van der Waals surface area contributed by atoms with Gasteiger partial charge in [0.15, 0.2) is 0 Å². The van der Waals surface area contributed by atoms with Gasteiger partial charge in [0.2, 0.25) is 0 Å². The van der Waals surface area contributed by atoms with E-state index in [0.29, 0.717) is 0 Å². The number of benzene rings is 1. The van der Waals surface area contributed by atoms with Crippen LogP contribution in [0.2, 0.25) is 0 Å². The summed E-state index contributed by atoms with van der Waals surface area (Å²) in [6, 6.07) is 18.7. The summed E-state index contributed by atoms with van der Waals surface area (Å²) in [6.45, 7) is 0. The Morgan fingerprint density at radius 1 is 0.810 bits per heavy atom. The van der Waals surface area contributed by atoms with Crippen LogP contribution in [0.5, 0.6) is 0 Å². The van der Waals surface area contributed by atoms with Gasteiger partial charge in [0, 0.05) is 25.8 Å². The number of nitrogens with zero attached hydrogens (tertiary/aromatic N) is 3. The van der Waals surface area contributed by atoms with Crippen molar-refractivity contribution >= 4 is 5.69 Å². The van der Waals surface area contributed by atoms with E-state index >= 15 is 0 Å². The highest BCUT2D eigenvalue weighted by atomic mass is 15.1. The van der Waals surface area contributed by atoms with Crippen LogP contribution in [0.15, 0.2) is 73.2 Å². The Bertz CT molecular complexity index is 702. The van der Waals surface area contributed by atoms with Crippen LogP contribution in [0.4, 0.5) is 5.69 Å². The Hall–Kier alpha value is -2.68. The molecule has 0 amide bonds. The van der Waals surface area contributed by atoms with Gasteiger partial charge in [0.1, 0.15) is 6.20 Å². The normalized spacial score (nSPS) is 10.4. The molecule has 0 saturated carbocycles. The van der Waals surface area contributed by atoms with Gasteiger partial charge in [-0.2, -0.15) is 0 Å². The maximum atomic E-state index is 4.34. The predicted molar refractivity (Wildman–Crippen MR) is 85.5 cm³/mol. The first-order valence-electron chi connectivity index (χ1n) is 6.94. The van der Waals surface area contributed by atoms with Gasteiger partial charge < -0.3 is 4.90 Å². The fraction of sp³-hybridized carbons (Fsp3) is 0.111. The lowest BCUT2D eigenvalue weighted by atomic mass is 10.1. The largest absolute Gasteiger partial charge is 0.378 e. The molecule has 0 fully saturated rings. The summed E-state index contributed by atoms with van der Waals surface area (Å²) in [4.78, 5) is 6.44. The molecule has 0 aliphatic carbocycles. The average molecular weight is 276 g/mol. The van der Waals surface area contributed by atoms with Crippen LogP contribution in [0.3, 0.4) is 0 Å². The number of rotatable bonds is 3. The molecule has 0 atom stereocenters. The zero-order valence-electron chi connectivity index (χ0n) is 12.3. The molecule has 0 saturated heterocycles. The number of anilines is 1. The predicted octanol–water partition coefficient (Wildman–Crippen LogP) is 3.09. The minimum atomic E-state index is 0.923. The second kappa shape index (κ2) is 5.75. The van der Waals surface area contributed by atoms with Crippen LogP contribution in [0, 0.1) is 0 Å². The molecule has 21 heavy (non-hydrogen) atoms. The molecule has 0 spiro atoms. The third-order valence-electron chi connectivity index (χ3n) is 3.46. The highest BCUT2D eigenvalue weighted by Gasteiger charge is 2.06. The third kappa shape index (κ3) is 2.92. The summed E-state index contributed by atoms with van der Waals surface area (Å²) in [5, 5.41) is 0. The van der Waals surface area contributed by atoms with E-state index in [9.17, 15) is 0 Å². The molecular formula is C18H18N3+. The summed E-state index contributed by atoms with van der Waals surface area (Å²) in [6.07, 6.45) is 5.88. The molecule has 0 bridgehead atoms. The molecule has 104 valence electrons. The lowest BCUT2D eigenvalue weighted by molar-refractivity contribution is -0.599. The summed E-state index contributed by atoms with van der Waals surface area (Å²) in [5.41, 5.74) is 3.62. The second-order valence-electron chi connectivity index (χ2n) is 5.12. The van der Waals surface area contributed by atoms with Crippen molar-refractivity contribution < 1.29 is 4.57 Å². The summed E-state index contributed by atoms with van der Waals surface area (Å²) < 4.78 is 2.01. The minimum Gasteiger partial charge on any atom is -0.378 e. The van der Waals surface area contributed by atoms with Crippen molar-refractivity contribution in [2.24, 2.45) is 0 Å². The van der Waals surface area contributed by atoms with E-state index in [1.807, 2.05) is 49.3 Å². The van der Waals surface area contributed by atoms with Gasteiger partial charge in [-0.05, 0) is 46.4 Å². The maximum absolute atomic E-state index is 4.34. The highest BCUT2D eigenvalue weighted by Crippen LogP contribution is 2.21. The van der Waals surface area contributed by atoms with Crippen molar-refractivity contribution in [2.45, 2.75) is 0 Å². The maximum Gasteiger partial charge on any atom is 0.327 e. The molecule has 0 unspecified atom stereocenters. The zero-order chi connectivity index (χ0) is 14.7. The summed E-state index contributed by atoms with van der Waals surface area (Å²) >= 11 is 0. The van der Waals surface area contributed by atoms with Crippen molar-refractivity contribution in [3.8, 4) is 16.9 Å². The van der Waals surface area contributed by atoms with Crippen LogP contribution < -0.4 is 9.47 Å². The Balaban J connectivity index is 1.87. The van der Waals surface area contributed by atoms with Gasteiger partial charge >= 0.3 is 5.82 Å². The van der Waals surface area contributed by atoms with Crippen molar-refractivity contribution in [3.05, 3.63) is 73.2 Å². The number of hydrogen-bond donors (Lipinski definition) is 0. The van der Waals surface area contributed by atoms with Crippen molar-refractivity contribution in [1.29, 1.82) is 0 Å². The summed E-state index contributed by atoms with van der Waals surface area (Å²) in [7, 11) is 4.10. The van der Waals surface area contributed by atoms with Crippen molar-refractivity contribution in [3.63, 3.8) is 0 Å². The zero-order valence-corrected chi connectivity index (χ0v) is 12.3. The van der Waals surface area contributed by atoms with E-state index in [1.54, 1.807) is 6.20 Å². The average Bonchev–Trinajstić information content (AvgIpc) is 2.56. The third-order valence-corrected chi connectivity index (χ3v) is 3.46. The fourth-order valence-corrected chi connectivity index (χ4v) is 2.23. The number of aromatic nitrogens is 2. The first kappa shape index (κ1) is 13.3. The molecule has 0 radical (unpaired) electrons. The van der Waals surface area contributed by atoms with Crippen LogP contribution in [-0.2, 0) is 0 Å². The monoisotopic (exact) mass is 276 g/mol. The van der Waals surface area contributed by atoms with E-state index in [-0.39, 0.29) is 0 Å². The van der Waals surface area contributed by atoms with Gasteiger partial charge in [0.25, 0.3) is 0 Å². The van der Waals surface area contributed by atoms with E-state index in [4.69, 9.17) is 0 Å². The van der Waals surface area contributed by atoms with Crippen LogP contribution >= 0.6 is 0 Å². The Morgan fingerprint density at radius 3 is 2.05 bits per heavy atom. The highest BCUT2D eigenvalue weighted by molar-refractivity contribution is 5.65. The van der Waals surface area contributed by atoms with Crippen LogP contribution in [-0.4, -0.2) is 19.1 Å². The van der Waals surface area contributed by atoms with Crippen molar-refractivity contribution in [2.75, 3.05) is 19.0 Å². The quantitative estimate of drug-likeness (QED) is 0.685. The van der Waals surface area contributed by atoms with Gasteiger partial charge in [-0.3, -0.25) is 0 Å². The lowest BCUT2D eigenvalue weighted by Gasteiger charge is -2.12. The number of pyridine rings is 2. The van der Waals surface area contributed by atoms with Gasteiger partial charge in [-0.25, -0.2) is 4.57 Å². The molecule has 0 N–H and O–H groups in total. The Kier molecular flexibility index (Phi) is 3.65. The van der Waals surface area contributed by atoms with E-state index in [1.165, 1.54) is 16.8 Å². The first-order chi connectivity index (χ1) is 10.2. The van der Waals surface area contributed by atoms with E-state index in [2.05, 4.69) is 46.3 Å². The standard InChI is InChI=1S/C18H18N3/c1-20(2)17-8-6-15(7-9-17)16-10-13-21(14-11-16)18-5-3-4-12-19-18/h3-14H,1-2H3/q+1. The fourth-order valence-electron chi connectivity index (χ4n) is 2.23. The molecule has 3 nitrogen and oxygen atoms in total. The first-order valence-corrected chi connectivity index (χ1v) is 6.94. The molecule has 2 heterocycles. The van der Waals surface area contributed by atoms with Crippen LogP contribution in [0.1, 0.15) is 0 Å². The molecule has 0 aliphatic rings. The molecule has 3 heteroatoms. The molecule has 1 aromatic carbocycles. The SMILES string of the molecule is CN(C)c1ccc(-c2cc[n+](-c3ccccn3)cc2)cc1.